The minimum atomic E-state index is -0.765. The summed E-state index contributed by atoms with van der Waals surface area (Å²) in [5, 5.41) is 5.90. The van der Waals surface area contributed by atoms with Gasteiger partial charge in [0.2, 0.25) is 0 Å². The molecule has 5 aromatic rings. The maximum Gasteiger partial charge on any atom is 0.271 e. The normalized spacial score (nSPS) is 11.5. The van der Waals surface area contributed by atoms with Crippen LogP contribution in [-0.2, 0) is 6.54 Å². The second kappa shape index (κ2) is 8.48. The number of anilines is 1. The van der Waals surface area contributed by atoms with Crippen LogP contribution < -0.4 is 4.90 Å². The zero-order valence-electron chi connectivity index (χ0n) is 17.6. The fraction of sp³-hybridized carbons (Fsp3) is 0.174. The standard InChI is InChI=1S/C23H17ClF2N4OS2/c1-12-9-13(2)30(28-12)8-7-29(23-27-20-16(26)10-14(25)11-18(20)33-23)22(31)21-19(24)15-5-3-4-6-17(15)32-21/h3-6,9-11H,7-8H2,1-2H3. The van der Waals surface area contributed by atoms with E-state index in [9.17, 15) is 13.6 Å². The highest BCUT2D eigenvalue weighted by atomic mass is 35.5. The molecule has 0 N–H and O–H groups in total. The molecule has 0 radical (unpaired) electrons. The minimum absolute atomic E-state index is 0.0303. The number of carbonyl (C=O) groups is 1. The molecule has 0 bridgehead atoms. The van der Waals surface area contributed by atoms with Crippen LogP contribution in [0.25, 0.3) is 20.3 Å². The van der Waals surface area contributed by atoms with E-state index >= 15 is 0 Å². The van der Waals surface area contributed by atoms with Crippen LogP contribution in [0, 0.1) is 25.5 Å². The highest BCUT2D eigenvalue weighted by Crippen LogP contribution is 2.38. The molecule has 1 amide bonds. The van der Waals surface area contributed by atoms with E-state index in [0.717, 1.165) is 38.9 Å². The number of benzene rings is 2. The van der Waals surface area contributed by atoms with Crippen molar-refractivity contribution in [3.63, 3.8) is 0 Å². The average molecular weight is 503 g/mol. The summed E-state index contributed by atoms with van der Waals surface area (Å²) in [5.41, 5.74) is 1.86. The maximum absolute atomic E-state index is 14.3. The Hall–Kier alpha value is -2.88. The second-order valence-corrected chi connectivity index (χ2v) is 10.0. The first-order valence-electron chi connectivity index (χ1n) is 10.1. The fourth-order valence-corrected chi connectivity index (χ4v) is 6.21. The monoisotopic (exact) mass is 502 g/mol. The summed E-state index contributed by atoms with van der Waals surface area (Å²) in [7, 11) is 0. The lowest BCUT2D eigenvalue weighted by Crippen LogP contribution is -2.34. The van der Waals surface area contributed by atoms with Crippen LogP contribution in [0.4, 0.5) is 13.9 Å². The van der Waals surface area contributed by atoms with E-state index in [0.29, 0.717) is 21.1 Å². The molecule has 0 spiro atoms. The van der Waals surface area contributed by atoms with Crippen LogP contribution in [-0.4, -0.2) is 27.2 Å². The number of aryl methyl sites for hydroxylation is 2. The van der Waals surface area contributed by atoms with Gasteiger partial charge in [0.25, 0.3) is 5.91 Å². The largest absolute Gasteiger partial charge is 0.281 e. The molecule has 0 aliphatic carbocycles. The smallest absolute Gasteiger partial charge is 0.271 e. The van der Waals surface area contributed by atoms with Gasteiger partial charge < -0.3 is 0 Å². The molecule has 0 atom stereocenters. The summed E-state index contributed by atoms with van der Waals surface area (Å²) < 4.78 is 31.1. The number of hydrogen-bond donors (Lipinski definition) is 0. The number of thiazole rings is 1. The van der Waals surface area contributed by atoms with Gasteiger partial charge in [-0.25, -0.2) is 13.8 Å². The van der Waals surface area contributed by atoms with Crippen molar-refractivity contribution in [2.24, 2.45) is 0 Å². The van der Waals surface area contributed by atoms with Gasteiger partial charge in [0.1, 0.15) is 16.2 Å². The van der Waals surface area contributed by atoms with E-state index in [1.165, 1.54) is 22.3 Å². The van der Waals surface area contributed by atoms with Crippen molar-refractivity contribution in [3.8, 4) is 0 Å². The van der Waals surface area contributed by atoms with Gasteiger partial charge in [-0.05, 0) is 32.0 Å². The van der Waals surface area contributed by atoms with E-state index in [1.54, 1.807) is 4.68 Å². The van der Waals surface area contributed by atoms with Crippen LogP contribution in [0.3, 0.4) is 0 Å². The number of halogens is 3. The molecule has 0 aliphatic rings. The molecule has 0 aliphatic heterocycles. The van der Waals surface area contributed by atoms with Gasteiger partial charge >= 0.3 is 0 Å². The van der Waals surface area contributed by atoms with E-state index in [-0.39, 0.29) is 23.1 Å². The minimum Gasteiger partial charge on any atom is -0.281 e. The Labute approximate surface area is 200 Å². The number of nitrogens with zero attached hydrogens (tertiary/aromatic N) is 4. The third kappa shape index (κ3) is 4.01. The number of amides is 1. The summed E-state index contributed by atoms with van der Waals surface area (Å²) in [6, 6.07) is 11.5. The lowest BCUT2D eigenvalue weighted by Gasteiger charge is -2.20. The van der Waals surface area contributed by atoms with Crippen molar-refractivity contribution in [1.82, 2.24) is 14.8 Å². The molecule has 3 aromatic heterocycles. The van der Waals surface area contributed by atoms with Crippen molar-refractivity contribution in [3.05, 3.63) is 75.4 Å². The Morgan fingerprint density at radius 1 is 1.12 bits per heavy atom. The topological polar surface area (TPSA) is 51.0 Å². The molecule has 2 aromatic carbocycles. The van der Waals surface area contributed by atoms with Crippen LogP contribution >= 0.6 is 34.3 Å². The van der Waals surface area contributed by atoms with Crippen molar-refractivity contribution < 1.29 is 13.6 Å². The lowest BCUT2D eigenvalue weighted by atomic mass is 10.2. The number of fused-ring (bicyclic) bond motifs is 2. The predicted octanol–water partition coefficient (Wildman–Crippen LogP) is 6.60. The fourth-order valence-electron chi connectivity index (χ4n) is 3.72. The van der Waals surface area contributed by atoms with Gasteiger partial charge in [0.15, 0.2) is 10.9 Å². The molecular weight excluding hydrogens is 486 g/mol. The van der Waals surface area contributed by atoms with Gasteiger partial charge in [-0.15, -0.1) is 11.3 Å². The van der Waals surface area contributed by atoms with Gasteiger partial charge in [-0.2, -0.15) is 5.10 Å². The number of hydrogen-bond acceptors (Lipinski definition) is 5. The first-order valence-corrected chi connectivity index (χ1v) is 12.1. The number of thiophene rings is 1. The lowest BCUT2D eigenvalue weighted by molar-refractivity contribution is 0.0989. The van der Waals surface area contributed by atoms with E-state index in [2.05, 4.69) is 10.1 Å². The first kappa shape index (κ1) is 21.9. The highest BCUT2D eigenvalue weighted by molar-refractivity contribution is 7.23. The molecule has 0 unspecified atom stereocenters. The van der Waals surface area contributed by atoms with Crippen LogP contribution in [0.2, 0.25) is 5.02 Å². The quantitative estimate of drug-likeness (QED) is 0.272. The van der Waals surface area contributed by atoms with E-state index in [4.69, 9.17) is 11.6 Å². The van der Waals surface area contributed by atoms with E-state index < -0.39 is 11.6 Å². The third-order valence-corrected chi connectivity index (χ3v) is 7.93. The van der Waals surface area contributed by atoms with Crippen molar-refractivity contribution in [2.45, 2.75) is 20.4 Å². The molecule has 10 heteroatoms. The number of carbonyl (C=O) groups excluding carboxylic acids is 1. The SMILES string of the molecule is Cc1cc(C)n(CCN(C(=O)c2sc3ccccc3c2Cl)c2nc3c(F)cc(F)cc3s2)n1. The Morgan fingerprint density at radius 2 is 1.91 bits per heavy atom. The van der Waals surface area contributed by atoms with Crippen LogP contribution in [0.5, 0.6) is 0 Å². The summed E-state index contributed by atoms with van der Waals surface area (Å²) in [6.07, 6.45) is 0. The van der Waals surface area contributed by atoms with Crippen molar-refractivity contribution >= 4 is 65.6 Å². The summed E-state index contributed by atoms with van der Waals surface area (Å²) in [6.45, 7) is 4.47. The zero-order chi connectivity index (χ0) is 23.3. The summed E-state index contributed by atoms with van der Waals surface area (Å²) in [4.78, 5) is 19.9. The van der Waals surface area contributed by atoms with Gasteiger partial charge in [0, 0.05) is 28.4 Å². The van der Waals surface area contributed by atoms with Crippen LogP contribution in [0.1, 0.15) is 21.1 Å². The van der Waals surface area contributed by atoms with Crippen LogP contribution in [0.15, 0.2) is 42.5 Å². The van der Waals surface area contributed by atoms with Gasteiger partial charge in [-0.3, -0.25) is 14.4 Å². The molecule has 0 fully saturated rings. The number of rotatable bonds is 5. The molecule has 0 saturated heterocycles. The Kier molecular flexibility index (Phi) is 5.64. The molecule has 3 heterocycles. The number of aromatic nitrogens is 3. The highest BCUT2D eigenvalue weighted by Gasteiger charge is 2.27. The third-order valence-electron chi connectivity index (χ3n) is 5.25. The Balaban J connectivity index is 1.58. The Bertz CT molecular complexity index is 1520. The molecule has 5 rings (SSSR count). The molecule has 168 valence electrons. The summed E-state index contributed by atoms with van der Waals surface area (Å²) >= 11 is 8.93. The zero-order valence-corrected chi connectivity index (χ0v) is 20.0. The second-order valence-electron chi connectivity index (χ2n) is 7.58. The molecule has 33 heavy (non-hydrogen) atoms. The molecule has 0 saturated carbocycles. The first-order chi connectivity index (χ1) is 15.8. The summed E-state index contributed by atoms with van der Waals surface area (Å²) in [5.74, 6) is -1.80. The van der Waals surface area contributed by atoms with E-state index in [1.807, 2.05) is 44.2 Å². The van der Waals surface area contributed by atoms with Gasteiger partial charge in [-0.1, -0.05) is 41.1 Å². The van der Waals surface area contributed by atoms with Gasteiger partial charge in [0.05, 0.1) is 22.0 Å². The van der Waals surface area contributed by atoms with Crippen molar-refractivity contribution in [2.75, 3.05) is 11.4 Å². The average Bonchev–Trinajstić information content (AvgIpc) is 3.44. The predicted molar refractivity (Wildman–Crippen MR) is 130 cm³/mol. The maximum atomic E-state index is 14.3. The Morgan fingerprint density at radius 3 is 2.64 bits per heavy atom. The van der Waals surface area contributed by atoms with Crippen molar-refractivity contribution in [1.29, 1.82) is 0 Å². The molecular formula is C23H17ClF2N4OS2. The molecule has 5 nitrogen and oxygen atoms in total.